The second-order valence-corrected chi connectivity index (χ2v) is 18.6. The SMILES string of the molecule is C=C/C=C\C(Oc1cc(O)cc(CCCCCCCCCCCCCCC/C=C\CCCCCCCC)c1)C(O)CCCCCCCCCCC/C=C\CCCCCCCC. The zero-order valence-electron chi connectivity index (χ0n) is 40.7. The van der Waals surface area contributed by atoms with E-state index >= 15 is 0 Å². The fraction of sp³-hybridized carbons (Fsp3) is 0.759. The molecule has 3 nitrogen and oxygen atoms in total. The Kier molecular flexibility index (Phi) is 42.6. The number of hydrogen-bond acceptors (Lipinski definition) is 3. The van der Waals surface area contributed by atoms with Gasteiger partial charge in [-0.1, -0.05) is 243 Å². The van der Waals surface area contributed by atoms with Gasteiger partial charge in [0, 0.05) is 6.07 Å². The Morgan fingerprint density at radius 2 is 0.836 bits per heavy atom. The summed E-state index contributed by atoms with van der Waals surface area (Å²) in [6.45, 7) is 8.39. The van der Waals surface area contributed by atoms with Crippen molar-refractivity contribution in [1.29, 1.82) is 0 Å². The van der Waals surface area contributed by atoms with Crippen LogP contribution in [0.5, 0.6) is 11.5 Å². The molecule has 2 N–H and O–H groups in total. The van der Waals surface area contributed by atoms with Crippen LogP contribution in [0.2, 0.25) is 0 Å². The number of aryl methyl sites for hydroxylation is 1. The third kappa shape index (κ3) is 39.1. The minimum Gasteiger partial charge on any atom is -0.508 e. The lowest BCUT2D eigenvalue weighted by molar-refractivity contribution is 0.0557. The standard InChI is InChI=1S/C58H102O3/c1-4-7-10-12-14-16-18-20-22-24-26-27-28-29-31-32-34-36-38-40-42-44-46-48-54-51-55(59)53-56(52-54)61-58(50-9-6-3)57(60)49-47-45-43-41-39-37-35-33-30-25-23-21-19-17-15-13-11-8-5-2/h6,9,20-23,50-53,57-60H,3-5,7-8,10-19,24-49H2,1-2H3/b22-20-,23-21-,50-9-. The Labute approximate surface area is 380 Å². The Balaban J connectivity index is 2.09. The van der Waals surface area contributed by atoms with Crippen LogP contribution < -0.4 is 4.74 Å². The molecule has 0 heterocycles. The van der Waals surface area contributed by atoms with E-state index in [1.807, 2.05) is 24.3 Å². The number of rotatable bonds is 47. The molecule has 0 amide bonds. The van der Waals surface area contributed by atoms with Crippen LogP contribution in [0.25, 0.3) is 0 Å². The summed E-state index contributed by atoms with van der Waals surface area (Å²) in [6, 6.07) is 5.59. The largest absolute Gasteiger partial charge is 0.508 e. The summed E-state index contributed by atoms with van der Waals surface area (Å²) < 4.78 is 6.29. The van der Waals surface area contributed by atoms with Gasteiger partial charge < -0.3 is 14.9 Å². The molecule has 2 atom stereocenters. The van der Waals surface area contributed by atoms with Gasteiger partial charge in [-0.3, -0.25) is 0 Å². The smallest absolute Gasteiger partial charge is 0.143 e. The number of benzene rings is 1. The summed E-state index contributed by atoms with van der Waals surface area (Å²) in [4.78, 5) is 0. The van der Waals surface area contributed by atoms with Gasteiger partial charge in [0.2, 0.25) is 0 Å². The Bertz CT molecular complexity index is 1150. The second-order valence-electron chi connectivity index (χ2n) is 18.6. The van der Waals surface area contributed by atoms with Crippen molar-refractivity contribution < 1.29 is 14.9 Å². The molecule has 2 unspecified atom stereocenters. The molecule has 1 rings (SSSR count). The Morgan fingerprint density at radius 1 is 0.475 bits per heavy atom. The number of aromatic hydroxyl groups is 1. The van der Waals surface area contributed by atoms with Crippen molar-refractivity contribution in [2.75, 3.05) is 0 Å². The zero-order chi connectivity index (χ0) is 43.9. The average Bonchev–Trinajstić information content (AvgIpc) is 3.26. The predicted octanol–water partition coefficient (Wildman–Crippen LogP) is 19.2. The normalized spacial score (nSPS) is 13.0. The summed E-state index contributed by atoms with van der Waals surface area (Å²) in [5.74, 6) is 0.860. The average molecular weight is 847 g/mol. The van der Waals surface area contributed by atoms with E-state index in [1.165, 1.54) is 225 Å². The maximum absolute atomic E-state index is 11.1. The van der Waals surface area contributed by atoms with E-state index < -0.39 is 12.2 Å². The fourth-order valence-corrected chi connectivity index (χ4v) is 8.56. The maximum atomic E-state index is 11.1. The minimum atomic E-state index is -0.594. The highest BCUT2D eigenvalue weighted by molar-refractivity contribution is 5.38. The van der Waals surface area contributed by atoms with Crippen LogP contribution in [0.4, 0.5) is 0 Å². The number of aliphatic hydroxyl groups is 1. The molecule has 0 bridgehead atoms. The van der Waals surface area contributed by atoms with Crippen LogP contribution in [0.15, 0.2) is 67.3 Å². The molecule has 61 heavy (non-hydrogen) atoms. The monoisotopic (exact) mass is 847 g/mol. The van der Waals surface area contributed by atoms with E-state index in [-0.39, 0.29) is 5.75 Å². The van der Waals surface area contributed by atoms with E-state index in [2.05, 4.69) is 44.7 Å². The molecule has 1 aromatic rings. The van der Waals surface area contributed by atoms with Gasteiger partial charge in [-0.15, -0.1) is 0 Å². The first-order chi connectivity index (χ1) is 30.1. The summed E-state index contributed by atoms with van der Waals surface area (Å²) in [6.07, 6.45) is 66.3. The van der Waals surface area contributed by atoms with Crippen LogP contribution >= 0.6 is 0 Å². The van der Waals surface area contributed by atoms with Crippen molar-refractivity contribution in [3.8, 4) is 11.5 Å². The van der Waals surface area contributed by atoms with E-state index in [0.717, 1.165) is 31.2 Å². The van der Waals surface area contributed by atoms with Gasteiger partial charge in [0.25, 0.3) is 0 Å². The number of ether oxygens (including phenoxy) is 1. The van der Waals surface area contributed by atoms with Gasteiger partial charge in [0.15, 0.2) is 0 Å². The quantitative estimate of drug-likeness (QED) is 0.0390. The number of phenolic OH excluding ortho intramolecular Hbond substituents is 1. The summed E-state index contributed by atoms with van der Waals surface area (Å²) in [7, 11) is 0. The fourth-order valence-electron chi connectivity index (χ4n) is 8.56. The first kappa shape index (κ1) is 56.8. The molecule has 0 saturated carbocycles. The van der Waals surface area contributed by atoms with Crippen LogP contribution in [0.3, 0.4) is 0 Å². The third-order valence-corrected chi connectivity index (χ3v) is 12.5. The number of aliphatic hydroxyl groups excluding tert-OH is 1. The first-order valence-corrected chi connectivity index (χ1v) is 26.9. The van der Waals surface area contributed by atoms with E-state index in [4.69, 9.17) is 4.74 Å². The number of hydrogen-bond donors (Lipinski definition) is 2. The maximum Gasteiger partial charge on any atom is 0.143 e. The zero-order valence-corrected chi connectivity index (χ0v) is 40.7. The minimum absolute atomic E-state index is 0.232. The molecule has 3 heteroatoms. The molecule has 0 fully saturated rings. The molecule has 352 valence electrons. The van der Waals surface area contributed by atoms with Crippen LogP contribution in [0.1, 0.15) is 270 Å². The van der Waals surface area contributed by atoms with Crippen molar-refractivity contribution in [2.45, 2.75) is 283 Å². The summed E-state index contributed by atoms with van der Waals surface area (Å²) in [5, 5.41) is 21.6. The van der Waals surface area contributed by atoms with Crippen molar-refractivity contribution >= 4 is 0 Å². The topological polar surface area (TPSA) is 49.7 Å². The second kappa shape index (κ2) is 45.8. The van der Waals surface area contributed by atoms with Gasteiger partial charge in [-0.2, -0.15) is 0 Å². The lowest BCUT2D eigenvalue weighted by Crippen LogP contribution is -2.30. The number of allylic oxidation sites excluding steroid dienone is 6. The van der Waals surface area contributed by atoms with Crippen LogP contribution in [-0.4, -0.2) is 22.4 Å². The molecule has 0 aromatic heterocycles. The first-order valence-electron chi connectivity index (χ1n) is 26.9. The highest BCUT2D eigenvalue weighted by Gasteiger charge is 2.19. The molecule has 0 saturated heterocycles. The Morgan fingerprint density at radius 3 is 1.23 bits per heavy atom. The van der Waals surface area contributed by atoms with Crippen molar-refractivity contribution in [1.82, 2.24) is 0 Å². The predicted molar refractivity (Wildman–Crippen MR) is 271 cm³/mol. The molecule has 0 aliphatic carbocycles. The molecular formula is C58H102O3. The summed E-state index contributed by atoms with van der Waals surface area (Å²) >= 11 is 0. The molecular weight excluding hydrogens is 745 g/mol. The van der Waals surface area contributed by atoms with E-state index in [0.29, 0.717) is 12.2 Å². The van der Waals surface area contributed by atoms with E-state index in [1.54, 1.807) is 12.1 Å². The lowest BCUT2D eigenvalue weighted by Gasteiger charge is -2.22. The van der Waals surface area contributed by atoms with Gasteiger partial charge in [-0.25, -0.2) is 0 Å². The molecule has 1 aromatic carbocycles. The van der Waals surface area contributed by atoms with Crippen molar-refractivity contribution in [2.24, 2.45) is 0 Å². The Hall–Kier alpha value is -2.26. The highest BCUT2D eigenvalue weighted by Crippen LogP contribution is 2.26. The highest BCUT2D eigenvalue weighted by atomic mass is 16.5. The van der Waals surface area contributed by atoms with Crippen LogP contribution in [-0.2, 0) is 6.42 Å². The molecule has 0 spiro atoms. The van der Waals surface area contributed by atoms with E-state index in [9.17, 15) is 10.2 Å². The molecule has 0 aliphatic rings. The molecule has 0 radical (unpaired) electrons. The van der Waals surface area contributed by atoms with Crippen molar-refractivity contribution in [3.63, 3.8) is 0 Å². The lowest BCUT2D eigenvalue weighted by atomic mass is 10.0. The van der Waals surface area contributed by atoms with Crippen LogP contribution in [0, 0.1) is 0 Å². The van der Waals surface area contributed by atoms with Gasteiger partial charge in [-0.05, 0) is 94.4 Å². The number of phenols is 1. The van der Waals surface area contributed by atoms with Gasteiger partial charge in [0.05, 0.1) is 6.10 Å². The van der Waals surface area contributed by atoms with Crippen molar-refractivity contribution in [3.05, 3.63) is 72.9 Å². The third-order valence-electron chi connectivity index (χ3n) is 12.5. The number of unbranched alkanes of at least 4 members (excludes halogenated alkanes) is 34. The van der Waals surface area contributed by atoms with Gasteiger partial charge in [0.1, 0.15) is 17.6 Å². The van der Waals surface area contributed by atoms with Gasteiger partial charge >= 0.3 is 0 Å². The molecule has 0 aliphatic heterocycles. The summed E-state index contributed by atoms with van der Waals surface area (Å²) in [5.41, 5.74) is 1.10.